The first kappa shape index (κ1) is 12.6. The number of hydrogen-bond donors (Lipinski definition) is 1. The summed E-state index contributed by atoms with van der Waals surface area (Å²) in [6.07, 6.45) is 4.75. The monoisotopic (exact) mass is 233 g/mol. The number of nitrogens with zero attached hydrogens (tertiary/aromatic N) is 1. The third kappa shape index (κ3) is 3.83. The van der Waals surface area contributed by atoms with Crippen molar-refractivity contribution in [3.8, 4) is 0 Å². The highest BCUT2D eigenvalue weighted by atomic mass is 16.3. The molecule has 0 aliphatic carbocycles. The standard InChI is InChI=1S/C15H23NO/c1-13(17)12-16-11-5-8-15(16)10-9-14-6-3-2-4-7-14/h2-4,6-7,13,15,17H,5,8-12H2,1H3. The Morgan fingerprint density at radius 1 is 1.35 bits per heavy atom. The molecule has 1 aromatic carbocycles. The summed E-state index contributed by atoms with van der Waals surface area (Å²) >= 11 is 0. The molecule has 0 bridgehead atoms. The van der Waals surface area contributed by atoms with E-state index in [-0.39, 0.29) is 6.10 Å². The van der Waals surface area contributed by atoms with E-state index in [1.807, 2.05) is 6.92 Å². The summed E-state index contributed by atoms with van der Waals surface area (Å²) in [7, 11) is 0. The zero-order chi connectivity index (χ0) is 12.1. The van der Waals surface area contributed by atoms with Crippen LogP contribution in [0.25, 0.3) is 0 Å². The van der Waals surface area contributed by atoms with Crippen molar-refractivity contribution < 1.29 is 5.11 Å². The summed E-state index contributed by atoms with van der Waals surface area (Å²) in [6, 6.07) is 11.4. The number of β-amino-alcohol motifs (C(OH)–C–C–N with tert-alkyl or cyclic N) is 1. The van der Waals surface area contributed by atoms with E-state index in [1.54, 1.807) is 0 Å². The Balaban J connectivity index is 1.82. The van der Waals surface area contributed by atoms with Crippen molar-refractivity contribution in [3.63, 3.8) is 0 Å². The third-order valence-corrected chi connectivity index (χ3v) is 3.61. The fraction of sp³-hybridized carbons (Fsp3) is 0.600. The van der Waals surface area contributed by atoms with Gasteiger partial charge in [0.25, 0.3) is 0 Å². The molecule has 94 valence electrons. The minimum Gasteiger partial charge on any atom is -0.392 e. The molecule has 2 nitrogen and oxygen atoms in total. The lowest BCUT2D eigenvalue weighted by Gasteiger charge is -2.25. The van der Waals surface area contributed by atoms with Gasteiger partial charge in [0.05, 0.1) is 6.10 Å². The van der Waals surface area contributed by atoms with Gasteiger partial charge in [0.2, 0.25) is 0 Å². The number of rotatable bonds is 5. The van der Waals surface area contributed by atoms with Crippen LogP contribution in [0.5, 0.6) is 0 Å². The molecule has 1 aliphatic heterocycles. The van der Waals surface area contributed by atoms with Crippen molar-refractivity contribution in [1.82, 2.24) is 4.90 Å². The van der Waals surface area contributed by atoms with E-state index >= 15 is 0 Å². The van der Waals surface area contributed by atoms with Gasteiger partial charge in [0.1, 0.15) is 0 Å². The summed E-state index contributed by atoms with van der Waals surface area (Å²) in [5, 5.41) is 9.47. The lowest BCUT2D eigenvalue weighted by Crippen LogP contribution is -2.35. The predicted octanol–water partition coefficient (Wildman–Crippen LogP) is 2.46. The molecule has 1 fully saturated rings. The molecular weight excluding hydrogens is 210 g/mol. The fourth-order valence-corrected chi connectivity index (χ4v) is 2.78. The van der Waals surface area contributed by atoms with Crippen molar-refractivity contribution in [2.24, 2.45) is 0 Å². The van der Waals surface area contributed by atoms with Crippen LogP contribution in [-0.2, 0) is 6.42 Å². The van der Waals surface area contributed by atoms with Gasteiger partial charge >= 0.3 is 0 Å². The summed E-state index contributed by atoms with van der Waals surface area (Å²) in [6.45, 7) is 3.87. The van der Waals surface area contributed by atoms with Gasteiger partial charge in [-0.05, 0) is 44.7 Å². The van der Waals surface area contributed by atoms with Crippen LogP contribution in [0, 0.1) is 0 Å². The van der Waals surface area contributed by atoms with Gasteiger partial charge in [-0.1, -0.05) is 30.3 Å². The Labute approximate surface area is 104 Å². The largest absolute Gasteiger partial charge is 0.392 e. The van der Waals surface area contributed by atoms with Crippen LogP contribution in [0.4, 0.5) is 0 Å². The summed E-state index contributed by atoms with van der Waals surface area (Å²) in [5.41, 5.74) is 1.43. The maximum Gasteiger partial charge on any atom is 0.0639 e. The van der Waals surface area contributed by atoms with Crippen LogP contribution in [0.15, 0.2) is 30.3 Å². The zero-order valence-electron chi connectivity index (χ0n) is 10.7. The van der Waals surface area contributed by atoms with E-state index in [0.29, 0.717) is 6.04 Å². The van der Waals surface area contributed by atoms with E-state index < -0.39 is 0 Å². The molecule has 17 heavy (non-hydrogen) atoms. The first-order chi connectivity index (χ1) is 8.25. The van der Waals surface area contributed by atoms with E-state index in [1.165, 1.54) is 24.8 Å². The van der Waals surface area contributed by atoms with Crippen LogP contribution < -0.4 is 0 Å². The molecule has 1 N–H and O–H groups in total. The van der Waals surface area contributed by atoms with E-state index in [4.69, 9.17) is 0 Å². The molecule has 0 aromatic heterocycles. The van der Waals surface area contributed by atoms with Crippen LogP contribution in [-0.4, -0.2) is 35.2 Å². The SMILES string of the molecule is CC(O)CN1CCCC1CCc1ccccc1. The number of aliphatic hydroxyl groups is 1. The number of benzene rings is 1. The quantitative estimate of drug-likeness (QED) is 0.844. The Hall–Kier alpha value is -0.860. The van der Waals surface area contributed by atoms with Crippen LogP contribution in [0.3, 0.4) is 0 Å². The highest BCUT2D eigenvalue weighted by Crippen LogP contribution is 2.21. The lowest BCUT2D eigenvalue weighted by atomic mass is 10.0. The number of aliphatic hydroxyl groups excluding tert-OH is 1. The second-order valence-corrected chi connectivity index (χ2v) is 5.16. The number of likely N-dealkylation sites (tertiary alicyclic amines) is 1. The lowest BCUT2D eigenvalue weighted by molar-refractivity contribution is 0.117. The van der Waals surface area contributed by atoms with Crippen molar-refractivity contribution >= 4 is 0 Å². The number of aryl methyl sites for hydroxylation is 1. The highest BCUT2D eigenvalue weighted by Gasteiger charge is 2.24. The van der Waals surface area contributed by atoms with Gasteiger partial charge in [-0.2, -0.15) is 0 Å². The molecule has 0 amide bonds. The molecule has 2 atom stereocenters. The maximum absolute atomic E-state index is 9.47. The molecule has 2 heteroatoms. The van der Waals surface area contributed by atoms with Gasteiger partial charge < -0.3 is 5.11 Å². The minimum absolute atomic E-state index is 0.202. The molecular formula is C15H23NO. The smallest absolute Gasteiger partial charge is 0.0639 e. The van der Waals surface area contributed by atoms with Crippen LogP contribution in [0.1, 0.15) is 31.7 Å². The highest BCUT2D eigenvalue weighted by molar-refractivity contribution is 5.14. The van der Waals surface area contributed by atoms with Crippen molar-refractivity contribution in [1.29, 1.82) is 0 Å². The maximum atomic E-state index is 9.47. The first-order valence-corrected chi connectivity index (χ1v) is 6.72. The first-order valence-electron chi connectivity index (χ1n) is 6.72. The van der Waals surface area contributed by atoms with Gasteiger partial charge in [-0.15, -0.1) is 0 Å². The topological polar surface area (TPSA) is 23.5 Å². The number of hydrogen-bond acceptors (Lipinski definition) is 2. The van der Waals surface area contributed by atoms with E-state index in [9.17, 15) is 5.11 Å². The Bertz CT molecular complexity index is 323. The summed E-state index contributed by atoms with van der Waals surface area (Å²) in [4.78, 5) is 2.45. The van der Waals surface area contributed by atoms with Crippen molar-refractivity contribution in [3.05, 3.63) is 35.9 Å². The fourth-order valence-electron chi connectivity index (χ4n) is 2.78. The van der Waals surface area contributed by atoms with Gasteiger partial charge in [-0.3, -0.25) is 4.90 Å². The van der Waals surface area contributed by atoms with E-state index in [2.05, 4.69) is 35.2 Å². The minimum atomic E-state index is -0.202. The predicted molar refractivity (Wildman–Crippen MR) is 71.0 cm³/mol. The molecule has 0 radical (unpaired) electrons. The molecule has 0 spiro atoms. The average Bonchev–Trinajstić information content (AvgIpc) is 2.74. The third-order valence-electron chi connectivity index (χ3n) is 3.61. The second-order valence-electron chi connectivity index (χ2n) is 5.16. The van der Waals surface area contributed by atoms with Gasteiger partial charge in [0, 0.05) is 12.6 Å². The Morgan fingerprint density at radius 3 is 2.82 bits per heavy atom. The summed E-state index contributed by atoms with van der Waals surface area (Å²) < 4.78 is 0. The average molecular weight is 233 g/mol. The van der Waals surface area contributed by atoms with Crippen molar-refractivity contribution in [2.45, 2.75) is 44.8 Å². The summed E-state index contributed by atoms with van der Waals surface area (Å²) in [5.74, 6) is 0. The van der Waals surface area contributed by atoms with E-state index in [0.717, 1.165) is 19.5 Å². The van der Waals surface area contributed by atoms with Gasteiger partial charge in [-0.25, -0.2) is 0 Å². The molecule has 2 rings (SSSR count). The molecule has 2 unspecified atom stereocenters. The molecule has 1 saturated heterocycles. The molecule has 1 heterocycles. The molecule has 1 aromatic rings. The second kappa shape index (κ2) is 6.18. The van der Waals surface area contributed by atoms with Crippen LogP contribution in [0.2, 0.25) is 0 Å². The molecule has 0 saturated carbocycles. The Morgan fingerprint density at radius 2 is 2.12 bits per heavy atom. The van der Waals surface area contributed by atoms with Crippen LogP contribution >= 0.6 is 0 Å². The zero-order valence-corrected chi connectivity index (χ0v) is 10.7. The normalized spacial score (nSPS) is 22.8. The van der Waals surface area contributed by atoms with Crippen molar-refractivity contribution in [2.75, 3.05) is 13.1 Å². The molecule has 1 aliphatic rings. The van der Waals surface area contributed by atoms with Gasteiger partial charge in [0.15, 0.2) is 0 Å². The Kier molecular flexibility index (Phi) is 4.57.